The summed E-state index contributed by atoms with van der Waals surface area (Å²) in [6, 6.07) is 0. The van der Waals surface area contributed by atoms with Crippen molar-refractivity contribution in [3.63, 3.8) is 0 Å². The van der Waals surface area contributed by atoms with Crippen molar-refractivity contribution in [3.8, 4) is 0 Å². The summed E-state index contributed by atoms with van der Waals surface area (Å²) >= 11 is 0. The molecular weight excluding hydrogens is 130 g/mol. The average molecular weight is 139 g/mol. The van der Waals surface area contributed by atoms with Crippen molar-refractivity contribution in [1.82, 2.24) is 14.8 Å². The number of nitrogens with zero attached hydrogens (tertiary/aromatic N) is 3. The van der Waals surface area contributed by atoms with Gasteiger partial charge in [0.1, 0.15) is 18.7 Å². The van der Waals surface area contributed by atoms with Gasteiger partial charge in [-0.15, -0.1) is 0 Å². The second kappa shape index (κ2) is 2.60. The van der Waals surface area contributed by atoms with Crippen molar-refractivity contribution >= 4 is 5.78 Å². The molecule has 0 atom stereocenters. The van der Waals surface area contributed by atoms with Crippen molar-refractivity contribution in [2.45, 2.75) is 20.4 Å². The second-order valence-electron chi connectivity index (χ2n) is 2.19. The number of rotatable bonds is 2. The second-order valence-corrected chi connectivity index (χ2v) is 2.19. The summed E-state index contributed by atoms with van der Waals surface area (Å²) in [6.07, 6.45) is 1.55. The third-order valence-corrected chi connectivity index (χ3v) is 1.04. The monoisotopic (exact) mass is 139 g/mol. The van der Waals surface area contributed by atoms with Gasteiger partial charge in [0.15, 0.2) is 5.78 Å². The third kappa shape index (κ3) is 1.65. The van der Waals surface area contributed by atoms with Gasteiger partial charge in [0, 0.05) is 0 Å². The summed E-state index contributed by atoms with van der Waals surface area (Å²) in [6.45, 7) is 3.63. The van der Waals surface area contributed by atoms with Gasteiger partial charge >= 0.3 is 0 Å². The average Bonchev–Trinajstić information content (AvgIpc) is 2.13. The van der Waals surface area contributed by atoms with Gasteiger partial charge in [-0.2, -0.15) is 5.10 Å². The molecule has 0 spiro atoms. The molecule has 0 bridgehead atoms. The highest BCUT2D eigenvalue weighted by atomic mass is 16.1. The zero-order valence-corrected chi connectivity index (χ0v) is 6.03. The molecule has 4 heteroatoms. The number of Topliss-reactive ketones (excluding diaryl/α,β-unsaturated/α-hetero) is 1. The molecule has 0 aromatic carbocycles. The van der Waals surface area contributed by atoms with Gasteiger partial charge in [-0.25, -0.2) is 9.67 Å². The third-order valence-electron chi connectivity index (χ3n) is 1.04. The minimum Gasteiger partial charge on any atom is -0.298 e. The van der Waals surface area contributed by atoms with Crippen LogP contribution in [-0.4, -0.2) is 20.5 Å². The molecule has 0 unspecified atom stereocenters. The SMILES string of the molecule is CC(=O)Cn1cnc(C)n1. The van der Waals surface area contributed by atoms with E-state index in [1.807, 2.05) is 0 Å². The van der Waals surface area contributed by atoms with Crippen LogP contribution >= 0.6 is 0 Å². The molecular formula is C6H9N3O. The number of ketones is 1. The number of hydrogen-bond donors (Lipinski definition) is 0. The Morgan fingerprint density at radius 1 is 1.80 bits per heavy atom. The summed E-state index contributed by atoms with van der Waals surface area (Å²) in [5.41, 5.74) is 0. The van der Waals surface area contributed by atoms with E-state index < -0.39 is 0 Å². The fraction of sp³-hybridized carbons (Fsp3) is 0.500. The van der Waals surface area contributed by atoms with E-state index in [4.69, 9.17) is 0 Å². The molecule has 0 fully saturated rings. The zero-order chi connectivity index (χ0) is 7.56. The van der Waals surface area contributed by atoms with Crippen LogP contribution in [0.25, 0.3) is 0 Å². The van der Waals surface area contributed by atoms with E-state index in [9.17, 15) is 4.79 Å². The molecule has 1 aromatic rings. The fourth-order valence-electron chi connectivity index (χ4n) is 0.692. The first kappa shape index (κ1) is 6.92. The molecule has 0 aliphatic carbocycles. The molecule has 0 radical (unpaired) electrons. The molecule has 1 rings (SSSR count). The van der Waals surface area contributed by atoms with Crippen LogP contribution in [0.1, 0.15) is 12.7 Å². The number of hydrogen-bond acceptors (Lipinski definition) is 3. The zero-order valence-electron chi connectivity index (χ0n) is 6.03. The summed E-state index contributed by atoms with van der Waals surface area (Å²) in [7, 11) is 0. The van der Waals surface area contributed by atoms with Crippen LogP contribution in [-0.2, 0) is 11.3 Å². The van der Waals surface area contributed by atoms with Crippen LogP contribution in [0.15, 0.2) is 6.33 Å². The molecule has 10 heavy (non-hydrogen) atoms. The van der Waals surface area contributed by atoms with Gasteiger partial charge in [0.2, 0.25) is 0 Å². The van der Waals surface area contributed by atoms with Gasteiger partial charge in [-0.1, -0.05) is 0 Å². The molecule has 0 amide bonds. The molecule has 4 nitrogen and oxygen atoms in total. The first-order chi connectivity index (χ1) is 4.68. The largest absolute Gasteiger partial charge is 0.298 e. The maximum atomic E-state index is 10.5. The summed E-state index contributed by atoms with van der Waals surface area (Å²) in [5, 5.41) is 3.94. The van der Waals surface area contributed by atoms with Gasteiger partial charge in [-0.05, 0) is 13.8 Å². The predicted molar refractivity (Wildman–Crippen MR) is 35.4 cm³/mol. The highest BCUT2D eigenvalue weighted by Gasteiger charge is 1.96. The number of aromatic nitrogens is 3. The van der Waals surface area contributed by atoms with Gasteiger partial charge < -0.3 is 0 Å². The Kier molecular flexibility index (Phi) is 1.80. The van der Waals surface area contributed by atoms with Gasteiger partial charge in [0.25, 0.3) is 0 Å². The van der Waals surface area contributed by atoms with Crippen LogP contribution in [0.5, 0.6) is 0 Å². The lowest BCUT2D eigenvalue weighted by atomic mass is 10.5. The van der Waals surface area contributed by atoms with E-state index in [1.165, 1.54) is 11.6 Å². The van der Waals surface area contributed by atoms with Crippen LogP contribution in [0, 0.1) is 6.92 Å². The minimum absolute atomic E-state index is 0.0879. The molecule has 0 aliphatic heterocycles. The normalized spacial score (nSPS) is 9.80. The fourth-order valence-corrected chi connectivity index (χ4v) is 0.692. The number of carbonyl (C=O) groups excluding carboxylic acids is 1. The van der Waals surface area contributed by atoms with E-state index in [0.29, 0.717) is 12.4 Å². The van der Waals surface area contributed by atoms with E-state index in [1.54, 1.807) is 13.3 Å². The highest BCUT2D eigenvalue weighted by molar-refractivity contribution is 5.75. The molecule has 1 heterocycles. The van der Waals surface area contributed by atoms with Crippen molar-refractivity contribution in [1.29, 1.82) is 0 Å². The van der Waals surface area contributed by atoms with Crippen LogP contribution in [0.2, 0.25) is 0 Å². The lowest BCUT2D eigenvalue weighted by molar-refractivity contribution is -0.117. The Morgan fingerprint density at radius 2 is 2.50 bits per heavy atom. The summed E-state index contributed by atoms with van der Waals surface area (Å²) in [5.74, 6) is 0.783. The Morgan fingerprint density at radius 3 is 2.90 bits per heavy atom. The standard InChI is InChI=1S/C6H9N3O/c1-5(10)3-9-4-7-6(2)8-9/h4H,3H2,1-2H3. The topological polar surface area (TPSA) is 47.8 Å². The number of carbonyl (C=O) groups is 1. The van der Waals surface area contributed by atoms with Gasteiger partial charge in [0.05, 0.1) is 0 Å². The van der Waals surface area contributed by atoms with Crippen molar-refractivity contribution in [2.24, 2.45) is 0 Å². The Hall–Kier alpha value is -1.19. The smallest absolute Gasteiger partial charge is 0.151 e. The Bertz CT molecular complexity index is 241. The molecule has 0 saturated carbocycles. The molecule has 0 aliphatic rings. The minimum atomic E-state index is 0.0879. The van der Waals surface area contributed by atoms with E-state index in [0.717, 1.165) is 0 Å². The number of aryl methyl sites for hydroxylation is 1. The lowest BCUT2D eigenvalue weighted by Crippen LogP contribution is -2.06. The van der Waals surface area contributed by atoms with Crippen LogP contribution in [0.3, 0.4) is 0 Å². The van der Waals surface area contributed by atoms with Crippen molar-refractivity contribution in [2.75, 3.05) is 0 Å². The first-order valence-corrected chi connectivity index (χ1v) is 3.04. The van der Waals surface area contributed by atoms with Crippen molar-refractivity contribution in [3.05, 3.63) is 12.2 Å². The molecule has 54 valence electrons. The first-order valence-electron chi connectivity index (χ1n) is 3.04. The maximum Gasteiger partial charge on any atom is 0.151 e. The maximum absolute atomic E-state index is 10.5. The molecule has 1 aromatic heterocycles. The Balaban J connectivity index is 2.67. The summed E-state index contributed by atoms with van der Waals surface area (Å²) < 4.78 is 1.53. The van der Waals surface area contributed by atoms with Gasteiger partial charge in [-0.3, -0.25) is 4.79 Å². The van der Waals surface area contributed by atoms with E-state index in [2.05, 4.69) is 10.1 Å². The van der Waals surface area contributed by atoms with E-state index >= 15 is 0 Å². The molecule has 0 saturated heterocycles. The van der Waals surface area contributed by atoms with Crippen LogP contribution < -0.4 is 0 Å². The molecule has 0 N–H and O–H groups in total. The quantitative estimate of drug-likeness (QED) is 0.587. The lowest BCUT2D eigenvalue weighted by Gasteiger charge is -1.91. The Labute approximate surface area is 58.9 Å². The van der Waals surface area contributed by atoms with Crippen molar-refractivity contribution < 1.29 is 4.79 Å². The summed E-state index contributed by atoms with van der Waals surface area (Å²) in [4.78, 5) is 14.4. The van der Waals surface area contributed by atoms with E-state index in [-0.39, 0.29) is 5.78 Å². The predicted octanol–water partition coefficient (Wildman–Crippen LogP) is 0.176. The highest BCUT2D eigenvalue weighted by Crippen LogP contribution is 1.86. The van der Waals surface area contributed by atoms with Crippen LogP contribution in [0.4, 0.5) is 0 Å².